The molecule has 0 amide bonds. The van der Waals surface area contributed by atoms with Crippen LogP contribution in [0.5, 0.6) is 5.75 Å². The molecule has 1 heterocycles. The minimum absolute atomic E-state index is 0.308. The van der Waals surface area contributed by atoms with Crippen LogP contribution in [0.15, 0.2) is 48.5 Å². The second-order valence-electron chi connectivity index (χ2n) is 6.49. The third-order valence-corrected chi connectivity index (χ3v) is 4.48. The molecule has 122 valence electrons. The summed E-state index contributed by atoms with van der Waals surface area (Å²) in [5.41, 5.74) is 3.75. The van der Waals surface area contributed by atoms with E-state index >= 15 is 0 Å². The molecule has 1 aliphatic rings. The fourth-order valence-electron chi connectivity index (χ4n) is 3.01. The van der Waals surface area contributed by atoms with E-state index in [-0.39, 0.29) is 0 Å². The Morgan fingerprint density at radius 1 is 1.04 bits per heavy atom. The van der Waals surface area contributed by atoms with Crippen LogP contribution in [0.2, 0.25) is 0 Å². The van der Waals surface area contributed by atoms with Gasteiger partial charge in [-0.3, -0.25) is 4.90 Å². The quantitative estimate of drug-likeness (QED) is 0.887. The topological polar surface area (TPSA) is 32.7 Å². The summed E-state index contributed by atoms with van der Waals surface area (Å²) < 4.78 is 5.84. The summed E-state index contributed by atoms with van der Waals surface area (Å²) in [6, 6.07) is 16.8. The number of rotatable bonds is 6. The van der Waals surface area contributed by atoms with Gasteiger partial charge < -0.3 is 9.84 Å². The minimum atomic E-state index is 0.308. The van der Waals surface area contributed by atoms with Crippen molar-refractivity contribution in [2.24, 2.45) is 5.92 Å². The number of ether oxygens (including phenoxy) is 1. The Hall–Kier alpha value is -1.84. The molecular formula is C20H25NO2. The van der Waals surface area contributed by atoms with Gasteiger partial charge in [0.2, 0.25) is 0 Å². The van der Waals surface area contributed by atoms with Gasteiger partial charge in [-0.15, -0.1) is 0 Å². The standard InChI is InChI=1S/C20H25NO2/c1-16-2-4-18(5-3-16)15-23-20-8-6-17(7-9-20)12-21-11-10-19(13-21)14-22/h2-9,19,22H,10-15H2,1H3. The van der Waals surface area contributed by atoms with Crippen molar-refractivity contribution in [3.05, 3.63) is 65.2 Å². The second kappa shape index (κ2) is 7.62. The molecule has 0 saturated carbocycles. The molecular weight excluding hydrogens is 286 g/mol. The van der Waals surface area contributed by atoms with Crippen LogP contribution >= 0.6 is 0 Å². The van der Waals surface area contributed by atoms with Crippen molar-refractivity contribution in [3.8, 4) is 5.75 Å². The third kappa shape index (κ3) is 4.57. The Bertz CT molecular complexity index is 607. The molecule has 1 N–H and O–H groups in total. The first-order valence-corrected chi connectivity index (χ1v) is 8.33. The van der Waals surface area contributed by atoms with Gasteiger partial charge in [0.1, 0.15) is 12.4 Å². The third-order valence-electron chi connectivity index (χ3n) is 4.48. The van der Waals surface area contributed by atoms with E-state index < -0.39 is 0 Å². The predicted octanol–water partition coefficient (Wildman–Crippen LogP) is 3.39. The maximum Gasteiger partial charge on any atom is 0.119 e. The van der Waals surface area contributed by atoms with E-state index in [0.717, 1.165) is 31.8 Å². The monoisotopic (exact) mass is 311 g/mol. The Labute approximate surface area is 138 Å². The van der Waals surface area contributed by atoms with Gasteiger partial charge in [0.15, 0.2) is 0 Å². The van der Waals surface area contributed by atoms with Gasteiger partial charge in [0.05, 0.1) is 0 Å². The number of aliphatic hydroxyl groups excluding tert-OH is 1. The molecule has 23 heavy (non-hydrogen) atoms. The van der Waals surface area contributed by atoms with Crippen LogP contribution in [0.3, 0.4) is 0 Å². The van der Waals surface area contributed by atoms with Gasteiger partial charge in [0.25, 0.3) is 0 Å². The van der Waals surface area contributed by atoms with Crippen molar-refractivity contribution in [2.45, 2.75) is 26.5 Å². The summed E-state index contributed by atoms with van der Waals surface area (Å²) in [7, 11) is 0. The van der Waals surface area contributed by atoms with Crippen LogP contribution in [-0.4, -0.2) is 29.7 Å². The molecule has 0 aliphatic carbocycles. The van der Waals surface area contributed by atoms with Crippen molar-refractivity contribution in [3.63, 3.8) is 0 Å². The fraction of sp³-hybridized carbons (Fsp3) is 0.400. The van der Waals surface area contributed by atoms with Crippen molar-refractivity contribution < 1.29 is 9.84 Å². The van der Waals surface area contributed by atoms with E-state index in [4.69, 9.17) is 4.74 Å². The molecule has 3 nitrogen and oxygen atoms in total. The highest BCUT2D eigenvalue weighted by atomic mass is 16.5. The Morgan fingerprint density at radius 3 is 2.39 bits per heavy atom. The summed E-state index contributed by atoms with van der Waals surface area (Å²) in [6.45, 7) is 6.03. The van der Waals surface area contributed by atoms with Gasteiger partial charge in [-0.25, -0.2) is 0 Å². The number of likely N-dealkylation sites (tertiary alicyclic amines) is 1. The van der Waals surface area contributed by atoms with Gasteiger partial charge in [-0.2, -0.15) is 0 Å². The lowest BCUT2D eigenvalue weighted by Gasteiger charge is -2.16. The Kier molecular flexibility index (Phi) is 5.31. The van der Waals surface area contributed by atoms with Gasteiger partial charge in [-0.05, 0) is 49.1 Å². The normalized spacial score (nSPS) is 18.3. The zero-order chi connectivity index (χ0) is 16.1. The van der Waals surface area contributed by atoms with E-state index in [0.29, 0.717) is 19.1 Å². The molecule has 0 spiro atoms. The summed E-state index contributed by atoms with van der Waals surface area (Å²) in [5, 5.41) is 9.21. The molecule has 2 aromatic carbocycles. The summed E-state index contributed by atoms with van der Waals surface area (Å²) >= 11 is 0. The second-order valence-corrected chi connectivity index (χ2v) is 6.49. The SMILES string of the molecule is Cc1ccc(COc2ccc(CN3CCC(CO)C3)cc2)cc1. The number of hydrogen-bond donors (Lipinski definition) is 1. The highest BCUT2D eigenvalue weighted by Crippen LogP contribution is 2.20. The van der Waals surface area contributed by atoms with E-state index in [1.807, 2.05) is 12.1 Å². The van der Waals surface area contributed by atoms with Crippen LogP contribution in [-0.2, 0) is 13.2 Å². The van der Waals surface area contributed by atoms with Crippen LogP contribution in [0, 0.1) is 12.8 Å². The summed E-state index contributed by atoms with van der Waals surface area (Å²) in [5.74, 6) is 1.36. The van der Waals surface area contributed by atoms with Crippen LogP contribution in [0.25, 0.3) is 0 Å². The van der Waals surface area contributed by atoms with Crippen LogP contribution in [0.1, 0.15) is 23.1 Å². The highest BCUT2D eigenvalue weighted by Gasteiger charge is 2.21. The first-order chi connectivity index (χ1) is 11.2. The lowest BCUT2D eigenvalue weighted by Crippen LogP contribution is -2.20. The molecule has 0 bridgehead atoms. The van der Waals surface area contributed by atoms with Gasteiger partial charge >= 0.3 is 0 Å². The lowest BCUT2D eigenvalue weighted by molar-refractivity contribution is 0.220. The molecule has 1 fully saturated rings. The molecule has 1 saturated heterocycles. The molecule has 2 aromatic rings. The van der Waals surface area contributed by atoms with Crippen molar-refractivity contribution in [1.82, 2.24) is 4.90 Å². The van der Waals surface area contributed by atoms with Crippen molar-refractivity contribution >= 4 is 0 Å². The van der Waals surface area contributed by atoms with E-state index in [1.54, 1.807) is 0 Å². The number of nitrogens with zero attached hydrogens (tertiary/aromatic N) is 1. The minimum Gasteiger partial charge on any atom is -0.489 e. The zero-order valence-electron chi connectivity index (χ0n) is 13.7. The number of hydrogen-bond acceptors (Lipinski definition) is 3. The van der Waals surface area contributed by atoms with Crippen molar-refractivity contribution in [2.75, 3.05) is 19.7 Å². The predicted molar refractivity (Wildman–Crippen MR) is 92.4 cm³/mol. The molecule has 1 unspecified atom stereocenters. The molecule has 1 atom stereocenters. The molecule has 1 aliphatic heterocycles. The van der Waals surface area contributed by atoms with E-state index in [9.17, 15) is 5.11 Å². The average Bonchev–Trinajstić information content (AvgIpc) is 3.03. The summed E-state index contributed by atoms with van der Waals surface area (Å²) in [6.07, 6.45) is 1.11. The number of aryl methyl sites for hydroxylation is 1. The molecule has 3 heteroatoms. The maximum atomic E-state index is 9.21. The van der Waals surface area contributed by atoms with Crippen molar-refractivity contribution in [1.29, 1.82) is 0 Å². The smallest absolute Gasteiger partial charge is 0.119 e. The van der Waals surface area contributed by atoms with Gasteiger partial charge in [-0.1, -0.05) is 42.0 Å². The highest BCUT2D eigenvalue weighted by molar-refractivity contribution is 5.28. The maximum absolute atomic E-state index is 9.21. The van der Waals surface area contributed by atoms with Gasteiger partial charge in [0, 0.05) is 19.7 Å². The largest absolute Gasteiger partial charge is 0.489 e. The summed E-state index contributed by atoms with van der Waals surface area (Å²) in [4.78, 5) is 2.41. The number of benzene rings is 2. The first kappa shape index (κ1) is 16.0. The molecule has 0 aromatic heterocycles. The Morgan fingerprint density at radius 2 is 1.74 bits per heavy atom. The van der Waals surface area contributed by atoms with E-state index in [1.165, 1.54) is 16.7 Å². The van der Waals surface area contributed by atoms with E-state index in [2.05, 4.69) is 48.2 Å². The van der Waals surface area contributed by atoms with Crippen LogP contribution < -0.4 is 4.74 Å². The zero-order valence-corrected chi connectivity index (χ0v) is 13.7. The Balaban J connectivity index is 1.50. The molecule has 0 radical (unpaired) electrons. The fourth-order valence-corrected chi connectivity index (χ4v) is 3.01. The lowest BCUT2D eigenvalue weighted by atomic mass is 10.1. The number of aliphatic hydroxyl groups is 1. The average molecular weight is 311 g/mol. The first-order valence-electron chi connectivity index (χ1n) is 8.33. The molecule has 3 rings (SSSR count). The van der Waals surface area contributed by atoms with Crippen LogP contribution in [0.4, 0.5) is 0 Å².